The molecule has 0 fully saturated rings. The van der Waals surface area contributed by atoms with E-state index in [1.165, 1.54) is 25.3 Å². The van der Waals surface area contributed by atoms with Gasteiger partial charge in [0.15, 0.2) is 0 Å². The van der Waals surface area contributed by atoms with Gasteiger partial charge in [-0.05, 0) is 50.2 Å². The molecule has 0 aliphatic rings. The maximum Gasteiger partial charge on any atom is 0.264 e. The zero-order valence-corrected chi connectivity index (χ0v) is 20.8. The van der Waals surface area contributed by atoms with Gasteiger partial charge in [-0.2, -0.15) is 0 Å². The number of carbonyl (C=O) groups excluding carboxylic acids is 1. The molecule has 180 valence electrons. The third-order valence-corrected chi connectivity index (χ3v) is 7.15. The van der Waals surface area contributed by atoms with Crippen molar-refractivity contribution in [2.24, 2.45) is 0 Å². The molecule has 0 saturated heterocycles. The van der Waals surface area contributed by atoms with E-state index in [2.05, 4.69) is 5.32 Å². The molecular weight excluding hydrogens is 476 g/mol. The largest absolute Gasteiger partial charge is 0.495 e. The Morgan fingerprint density at radius 1 is 1.03 bits per heavy atom. The normalized spacial score (nSPS) is 11.1. The minimum Gasteiger partial charge on any atom is -0.495 e. The Labute approximate surface area is 205 Å². The molecule has 3 aromatic rings. The highest BCUT2D eigenvalue weighted by Gasteiger charge is 2.28. The number of para-hydroxylation sites is 1. The zero-order chi connectivity index (χ0) is 24.7. The van der Waals surface area contributed by atoms with E-state index in [1.807, 2.05) is 38.1 Å². The smallest absolute Gasteiger partial charge is 0.264 e. The molecule has 0 aliphatic heterocycles. The van der Waals surface area contributed by atoms with Crippen molar-refractivity contribution in [3.63, 3.8) is 0 Å². The second kappa shape index (κ2) is 11.3. The Hall–Kier alpha value is -3.23. The van der Waals surface area contributed by atoms with E-state index in [4.69, 9.17) is 21.1 Å². The van der Waals surface area contributed by atoms with Gasteiger partial charge < -0.3 is 14.8 Å². The minimum absolute atomic E-state index is 0.0690. The number of hydrogen-bond donors (Lipinski definition) is 1. The second-order valence-corrected chi connectivity index (χ2v) is 9.73. The molecular formula is C25H27ClN2O5S. The number of amides is 1. The van der Waals surface area contributed by atoms with Crippen LogP contribution in [0.3, 0.4) is 0 Å². The maximum atomic E-state index is 13.5. The third-order valence-electron chi connectivity index (χ3n) is 5.07. The fourth-order valence-electron chi connectivity index (χ4n) is 3.29. The Balaban J connectivity index is 1.89. The topological polar surface area (TPSA) is 84.9 Å². The number of benzene rings is 3. The summed E-state index contributed by atoms with van der Waals surface area (Å²) >= 11 is 6.25. The van der Waals surface area contributed by atoms with Crippen LogP contribution < -0.4 is 19.1 Å². The van der Waals surface area contributed by atoms with Crippen molar-refractivity contribution in [3.8, 4) is 11.5 Å². The summed E-state index contributed by atoms with van der Waals surface area (Å²) in [5.41, 5.74) is 1.96. The highest BCUT2D eigenvalue weighted by molar-refractivity contribution is 7.92. The van der Waals surface area contributed by atoms with Gasteiger partial charge in [0.25, 0.3) is 10.0 Å². The number of sulfonamides is 1. The summed E-state index contributed by atoms with van der Waals surface area (Å²) in [5.74, 6) is 0.584. The Bertz CT molecular complexity index is 1250. The first-order valence-corrected chi connectivity index (χ1v) is 12.5. The summed E-state index contributed by atoms with van der Waals surface area (Å²) in [6, 6.07) is 18.4. The van der Waals surface area contributed by atoms with Gasteiger partial charge in [-0.1, -0.05) is 47.5 Å². The fourth-order valence-corrected chi connectivity index (χ4v) is 4.95. The molecule has 0 aromatic heterocycles. The average Bonchev–Trinajstić information content (AvgIpc) is 2.82. The number of methoxy groups -OCH3 is 1. The Morgan fingerprint density at radius 2 is 1.74 bits per heavy atom. The molecule has 0 radical (unpaired) electrons. The molecule has 0 heterocycles. The van der Waals surface area contributed by atoms with Crippen LogP contribution in [-0.2, 0) is 21.4 Å². The van der Waals surface area contributed by atoms with Gasteiger partial charge in [0, 0.05) is 12.1 Å². The van der Waals surface area contributed by atoms with Gasteiger partial charge in [-0.3, -0.25) is 9.10 Å². The number of rotatable bonds is 10. The van der Waals surface area contributed by atoms with Gasteiger partial charge in [0.2, 0.25) is 5.91 Å². The summed E-state index contributed by atoms with van der Waals surface area (Å²) in [6.45, 7) is 3.99. The molecule has 0 unspecified atom stereocenters. The summed E-state index contributed by atoms with van der Waals surface area (Å²) in [4.78, 5) is 13.0. The van der Waals surface area contributed by atoms with Crippen LogP contribution in [0.15, 0.2) is 71.6 Å². The molecule has 0 saturated carbocycles. The predicted molar refractivity (Wildman–Crippen MR) is 133 cm³/mol. The maximum absolute atomic E-state index is 13.5. The molecule has 0 atom stereocenters. The molecule has 34 heavy (non-hydrogen) atoms. The lowest BCUT2D eigenvalue weighted by Crippen LogP contribution is -2.40. The van der Waals surface area contributed by atoms with Crippen LogP contribution in [0.25, 0.3) is 0 Å². The average molecular weight is 503 g/mol. The molecule has 7 nitrogen and oxygen atoms in total. The molecule has 3 aromatic carbocycles. The highest BCUT2D eigenvalue weighted by Crippen LogP contribution is 2.32. The highest BCUT2D eigenvalue weighted by atomic mass is 35.5. The summed E-state index contributed by atoms with van der Waals surface area (Å²) in [5, 5.41) is 3.02. The zero-order valence-electron chi connectivity index (χ0n) is 19.2. The minimum atomic E-state index is -4.05. The number of hydrogen-bond acceptors (Lipinski definition) is 5. The van der Waals surface area contributed by atoms with Gasteiger partial charge in [0.05, 0.1) is 29.3 Å². The van der Waals surface area contributed by atoms with E-state index < -0.39 is 22.5 Å². The van der Waals surface area contributed by atoms with Crippen LogP contribution >= 0.6 is 11.6 Å². The van der Waals surface area contributed by atoms with E-state index in [-0.39, 0.29) is 22.2 Å². The van der Waals surface area contributed by atoms with Gasteiger partial charge >= 0.3 is 0 Å². The van der Waals surface area contributed by atoms with Crippen LogP contribution in [0.1, 0.15) is 18.1 Å². The standard InChI is InChI=1S/C25H27ClN2O5S/c1-4-33-23-8-6-5-7-19(23)16-27-25(29)17-28(20-11-14-24(32-3)22(26)15-20)34(30,31)21-12-9-18(2)10-13-21/h5-15H,4,16-17H2,1-3H3,(H,27,29). The lowest BCUT2D eigenvalue weighted by Gasteiger charge is -2.25. The number of anilines is 1. The van der Waals surface area contributed by atoms with Crippen LogP contribution in [0.5, 0.6) is 11.5 Å². The Kier molecular flexibility index (Phi) is 8.41. The van der Waals surface area contributed by atoms with Crippen molar-refractivity contribution in [2.45, 2.75) is 25.3 Å². The lowest BCUT2D eigenvalue weighted by atomic mass is 10.2. The van der Waals surface area contributed by atoms with E-state index in [0.717, 1.165) is 15.4 Å². The van der Waals surface area contributed by atoms with E-state index in [9.17, 15) is 13.2 Å². The molecule has 1 N–H and O–H groups in total. The van der Waals surface area contributed by atoms with Crippen molar-refractivity contribution in [3.05, 3.63) is 82.9 Å². The number of carbonyl (C=O) groups is 1. The van der Waals surface area contributed by atoms with Crippen molar-refractivity contribution >= 4 is 33.2 Å². The first kappa shape index (κ1) is 25.4. The quantitative estimate of drug-likeness (QED) is 0.439. The number of nitrogens with zero attached hydrogens (tertiary/aromatic N) is 1. The predicted octanol–water partition coefficient (Wildman–Crippen LogP) is 4.57. The number of nitrogens with one attached hydrogen (secondary N) is 1. The van der Waals surface area contributed by atoms with Crippen molar-refractivity contribution in [1.29, 1.82) is 0 Å². The third kappa shape index (κ3) is 6.01. The van der Waals surface area contributed by atoms with Gasteiger partial charge in [-0.15, -0.1) is 0 Å². The monoisotopic (exact) mass is 502 g/mol. The van der Waals surface area contributed by atoms with Gasteiger partial charge in [0.1, 0.15) is 18.0 Å². The molecule has 9 heteroatoms. The summed E-state index contributed by atoms with van der Waals surface area (Å²) < 4.78 is 38.8. The van der Waals surface area contributed by atoms with Crippen LogP contribution in [0, 0.1) is 6.92 Å². The SMILES string of the molecule is CCOc1ccccc1CNC(=O)CN(c1ccc(OC)c(Cl)c1)S(=O)(=O)c1ccc(C)cc1. The number of halogens is 1. The molecule has 0 spiro atoms. The second-order valence-electron chi connectivity index (χ2n) is 7.46. The van der Waals surface area contributed by atoms with Crippen LogP contribution in [-0.4, -0.2) is 34.6 Å². The molecule has 3 rings (SSSR count). The van der Waals surface area contributed by atoms with Crippen LogP contribution in [0.4, 0.5) is 5.69 Å². The molecule has 0 aliphatic carbocycles. The molecule has 1 amide bonds. The van der Waals surface area contributed by atoms with E-state index >= 15 is 0 Å². The van der Waals surface area contributed by atoms with Crippen molar-refractivity contribution in [1.82, 2.24) is 5.32 Å². The number of aryl methyl sites for hydroxylation is 1. The lowest BCUT2D eigenvalue weighted by molar-refractivity contribution is -0.119. The van der Waals surface area contributed by atoms with Crippen LogP contribution in [0.2, 0.25) is 5.02 Å². The summed E-state index contributed by atoms with van der Waals surface area (Å²) in [6.07, 6.45) is 0. The molecule has 0 bridgehead atoms. The van der Waals surface area contributed by atoms with E-state index in [1.54, 1.807) is 24.3 Å². The van der Waals surface area contributed by atoms with Crippen molar-refractivity contribution in [2.75, 3.05) is 24.6 Å². The van der Waals surface area contributed by atoms with Gasteiger partial charge in [-0.25, -0.2) is 8.42 Å². The Morgan fingerprint density at radius 3 is 2.38 bits per heavy atom. The fraction of sp³-hybridized carbons (Fsp3) is 0.240. The summed E-state index contributed by atoms with van der Waals surface area (Å²) in [7, 11) is -2.59. The first-order chi connectivity index (χ1) is 16.3. The number of ether oxygens (including phenoxy) is 2. The van der Waals surface area contributed by atoms with Crippen molar-refractivity contribution < 1.29 is 22.7 Å². The van der Waals surface area contributed by atoms with E-state index in [0.29, 0.717) is 18.1 Å². The first-order valence-electron chi connectivity index (χ1n) is 10.7.